The lowest BCUT2D eigenvalue weighted by Crippen LogP contribution is -2.38. The number of hydrogen-bond donors (Lipinski definition) is 2. The Morgan fingerprint density at radius 3 is 2.47 bits per heavy atom. The van der Waals surface area contributed by atoms with Gasteiger partial charge in [0.1, 0.15) is 0 Å². The van der Waals surface area contributed by atoms with Crippen LogP contribution in [0.3, 0.4) is 0 Å². The number of aliphatic hydroxyl groups excluding tert-OH is 1. The molecule has 0 aromatic heterocycles. The highest BCUT2D eigenvalue weighted by Gasteiger charge is 2.16. The summed E-state index contributed by atoms with van der Waals surface area (Å²) in [5.74, 6) is 0. The van der Waals surface area contributed by atoms with Gasteiger partial charge in [-0.25, -0.2) is 0 Å². The summed E-state index contributed by atoms with van der Waals surface area (Å²) >= 11 is 0. The number of nitrogens with one attached hydrogen (secondary N) is 1. The molecule has 0 saturated carbocycles. The quantitative estimate of drug-likeness (QED) is 0.747. The third-order valence-electron chi connectivity index (χ3n) is 2.72. The van der Waals surface area contributed by atoms with Crippen LogP contribution in [0.4, 0.5) is 0 Å². The van der Waals surface area contributed by atoms with Gasteiger partial charge in [0.15, 0.2) is 0 Å². The van der Waals surface area contributed by atoms with Crippen molar-refractivity contribution in [2.75, 3.05) is 7.05 Å². The predicted molar refractivity (Wildman–Crippen MR) is 63.9 cm³/mol. The molecule has 2 N–H and O–H groups in total. The summed E-state index contributed by atoms with van der Waals surface area (Å²) in [6.45, 7) is 2.14. The van der Waals surface area contributed by atoms with Gasteiger partial charge in [-0.3, -0.25) is 0 Å². The Morgan fingerprint density at radius 2 is 1.93 bits per heavy atom. The molecule has 2 atom stereocenters. The van der Waals surface area contributed by atoms with Crippen LogP contribution in [-0.4, -0.2) is 24.3 Å². The molecule has 0 aliphatic rings. The van der Waals surface area contributed by atoms with Gasteiger partial charge < -0.3 is 10.4 Å². The summed E-state index contributed by atoms with van der Waals surface area (Å²) in [6, 6.07) is 10.3. The van der Waals surface area contributed by atoms with Crippen LogP contribution >= 0.6 is 0 Å². The molecule has 0 aliphatic heterocycles. The lowest BCUT2D eigenvalue weighted by molar-refractivity contribution is 0.126. The zero-order valence-corrected chi connectivity index (χ0v) is 9.61. The number of benzene rings is 1. The molecule has 0 aliphatic carbocycles. The summed E-state index contributed by atoms with van der Waals surface area (Å²) in [5, 5.41) is 13.2. The van der Waals surface area contributed by atoms with Crippen molar-refractivity contribution in [3.8, 4) is 0 Å². The number of rotatable bonds is 6. The first-order chi connectivity index (χ1) is 7.27. The van der Waals surface area contributed by atoms with E-state index in [0.29, 0.717) is 0 Å². The Hall–Kier alpha value is -0.860. The van der Waals surface area contributed by atoms with Crippen LogP contribution in [0.25, 0.3) is 0 Å². The van der Waals surface area contributed by atoms with Crippen LogP contribution in [0, 0.1) is 0 Å². The molecule has 0 saturated heterocycles. The first kappa shape index (κ1) is 12.2. The Morgan fingerprint density at radius 1 is 1.27 bits per heavy atom. The fourth-order valence-electron chi connectivity index (χ4n) is 1.84. The van der Waals surface area contributed by atoms with Crippen LogP contribution in [-0.2, 0) is 6.42 Å². The maximum absolute atomic E-state index is 10.0. The van der Waals surface area contributed by atoms with E-state index in [2.05, 4.69) is 24.4 Å². The highest BCUT2D eigenvalue weighted by atomic mass is 16.3. The number of aliphatic hydroxyl groups is 1. The molecule has 0 amide bonds. The molecular weight excluding hydrogens is 186 g/mol. The highest BCUT2D eigenvalue weighted by Crippen LogP contribution is 2.09. The molecule has 2 unspecified atom stereocenters. The fraction of sp³-hybridized carbons (Fsp3) is 0.538. The van der Waals surface area contributed by atoms with Gasteiger partial charge in [0.25, 0.3) is 0 Å². The Bertz CT molecular complexity index is 260. The van der Waals surface area contributed by atoms with Gasteiger partial charge >= 0.3 is 0 Å². The van der Waals surface area contributed by atoms with Crippen molar-refractivity contribution in [1.29, 1.82) is 0 Å². The smallest absolute Gasteiger partial charge is 0.0733 e. The van der Waals surface area contributed by atoms with Crippen molar-refractivity contribution in [3.05, 3.63) is 35.9 Å². The summed E-state index contributed by atoms with van der Waals surface area (Å²) in [4.78, 5) is 0. The summed E-state index contributed by atoms with van der Waals surface area (Å²) in [5.41, 5.74) is 1.20. The molecule has 2 heteroatoms. The Labute approximate surface area is 92.3 Å². The molecule has 84 valence electrons. The molecule has 0 heterocycles. The van der Waals surface area contributed by atoms with Crippen molar-refractivity contribution >= 4 is 0 Å². The highest BCUT2D eigenvalue weighted by molar-refractivity contribution is 5.15. The van der Waals surface area contributed by atoms with Gasteiger partial charge in [-0.2, -0.15) is 0 Å². The van der Waals surface area contributed by atoms with E-state index < -0.39 is 0 Å². The SMILES string of the molecule is CCCC(NC)C(O)Cc1ccccc1. The molecule has 1 rings (SSSR count). The van der Waals surface area contributed by atoms with Crippen LogP contribution in [0.15, 0.2) is 30.3 Å². The first-order valence-corrected chi connectivity index (χ1v) is 5.67. The fourth-order valence-corrected chi connectivity index (χ4v) is 1.84. The van der Waals surface area contributed by atoms with Gasteiger partial charge in [-0.05, 0) is 25.5 Å². The third kappa shape index (κ3) is 4.02. The molecule has 1 aromatic carbocycles. The van der Waals surface area contributed by atoms with E-state index in [-0.39, 0.29) is 12.1 Å². The van der Waals surface area contributed by atoms with E-state index in [1.165, 1.54) is 5.56 Å². The second kappa shape index (κ2) is 6.59. The lowest BCUT2D eigenvalue weighted by atomic mass is 9.99. The molecule has 0 bridgehead atoms. The van der Waals surface area contributed by atoms with Gasteiger partial charge in [0.05, 0.1) is 6.10 Å². The minimum atomic E-state index is -0.294. The van der Waals surface area contributed by atoms with Crippen molar-refractivity contribution in [3.63, 3.8) is 0 Å². The minimum absolute atomic E-state index is 0.204. The average molecular weight is 207 g/mol. The van der Waals surface area contributed by atoms with Gasteiger partial charge in [0.2, 0.25) is 0 Å². The van der Waals surface area contributed by atoms with E-state index in [1.807, 2.05) is 25.2 Å². The lowest BCUT2D eigenvalue weighted by Gasteiger charge is -2.22. The monoisotopic (exact) mass is 207 g/mol. The van der Waals surface area contributed by atoms with Gasteiger partial charge in [-0.1, -0.05) is 43.7 Å². The van der Waals surface area contributed by atoms with Crippen molar-refractivity contribution < 1.29 is 5.11 Å². The average Bonchev–Trinajstić information content (AvgIpc) is 2.27. The van der Waals surface area contributed by atoms with Crippen molar-refractivity contribution in [2.45, 2.75) is 38.3 Å². The van der Waals surface area contributed by atoms with E-state index in [0.717, 1.165) is 19.3 Å². The summed E-state index contributed by atoms with van der Waals surface area (Å²) in [6.07, 6.45) is 2.55. The molecule has 1 aromatic rings. The van der Waals surface area contributed by atoms with E-state index in [1.54, 1.807) is 0 Å². The van der Waals surface area contributed by atoms with Gasteiger partial charge in [-0.15, -0.1) is 0 Å². The topological polar surface area (TPSA) is 32.3 Å². The summed E-state index contributed by atoms with van der Waals surface area (Å²) < 4.78 is 0. The standard InChI is InChI=1S/C13H21NO/c1-3-7-12(14-2)13(15)10-11-8-5-4-6-9-11/h4-6,8-9,12-15H,3,7,10H2,1-2H3. The van der Waals surface area contributed by atoms with E-state index >= 15 is 0 Å². The zero-order chi connectivity index (χ0) is 11.1. The molecular formula is C13H21NO. The van der Waals surface area contributed by atoms with Crippen molar-refractivity contribution in [2.24, 2.45) is 0 Å². The molecule has 0 radical (unpaired) electrons. The molecule has 0 spiro atoms. The van der Waals surface area contributed by atoms with Crippen LogP contribution in [0.5, 0.6) is 0 Å². The molecule has 15 heavy (non-hydrogen) atoms. The second-order valence-corrected chi connectivity index (χ2v) is 3.94. The Balaban J connectivity index is 2.50. The van der Waals surface area contributed by atoms with Gasteiger partial charge in [0, 0.05) is 6.04 Å². The first-order valence-electron chi connectivity index (χ1n) is 5.67. The third-order valence-corrected chi connectivity index (χ3v) is 2.72. The van der Waals surface area contributed by atoms with E-state index in [9.17, 15) is 5.11 Å². The largest absolute Gasteiger partial charge is 0.391 e. The second-order valence-electron chi connectivity index (χ2n) is 3.94. The number of likely N-dealkylation sites (N-methyl/N-ethyl adjacent to an activating group) is 1. The maximum Gasteiger partial charge on any atom is 0.0733 e. The minimum Gasteiger partial charge on any atom is -0.391 e. The Kier molecular flexibility index (Phi) is 5.37. The van der Waals surface area contributed by atoms with Crippen LogP contribution in [0.1, 0.15) is 25.3 Å². The zero-order valence-electron chi connectivity index (χ0n) is 9.61. The molecule has 2 nitrogen and oxygen atoms in total. The van der Waals surface area contributed by atoms with Crippen LogP contribution < -0.4 is 5.32 Å². The normalized spacial score (nSPS) is 14.9. The predicted octanol–water partition coefficient (Wildman–Crippen LogP) is 1.98. The van der Waals surface area contributed by atoms with Crippen LogP contribution in [0.2, 0.25) is 0 Å². The maximum atomic E-state index is 10.0. The van der Waals surface area contributed by atoms with E-state index in [4.69, 9.17) is 0 Å². The van der Waals surface area contributed by atoms with Crippen molar-refractivity contribution in [1.82, 2.24) is 5.32 Å². The summed E-state index contributed by atoms with van der Waals surface area (Å²) in [7, 11) is 1.91. The molecule has 0 fully saturated rings. The number of hydrogen-bond acceptors (Lipinski definition) is 2.